The molecule has 2 N–H and O–H groups in total. The van der Waals surface area contributed by atoms with Gasteiger partial charge in [-0.15, -0.1) is 0 Å². The van der Waals surface area contributed by atoms with Gasteiger partial charge in [-0.3, -0.25) is 4.79 Å². The van der Waals surface area contributed by atoms with Crippen LogP contribution in [-0.4, -0.2) is 32.2 Å². The molecule has 0 radical (unpaired) electrons. The number of carboxylic acids is 1. The van der Waals surface area contributed by atoms with E-state index >= 15 is 0 Å². The first-order valence-corrected chi connectivity index (χ1v) is 6.00. The smallest absolute Gasteiger partial charge is 0.306 e. The lowest BCUT2D eigenvalue weighted by molar-refractivity contribution is -0.143. The van der Waals surface area contributed by atoms with E-state index in [1.807, 2.05) is 12.1 Å². The summed E-state index contributed by atoms with van der Waals surface area (Å²) in [4.78, 5) is 15.3. The predicted octanol–water partition coefficient (Wildman–Crippen LogP) is 0.855. The molecular formula is C12H14N4O2. The van der Waals surface area contributed by atoms with Crippen LogP contribution in [0.3, 0.4) is 0 Å². The van der Waals surface area contributed by atoms with Gasteiger partial charge in [-0.2, -0.15) is 5.10 Å². The number of fused-ring (bicyclic) bond motifs is 1. The maximum atomic E-state index is 11.1. The van der Waals surface area contributed by atoms with Crippen molar-refractivity contribution in [2.24, 2.45) is 5.92 Å². The molecule has 2 atom stereocenters. The van der Waals surface area contributed by atoms with Crippen LogP contribution in [0.5, 0.6) is 0 Å². The molecule has 0 aliphatic carbocycles. The van der Waals surface area contributed by atoms with E-state index in [4.69, 9.17) is 5.11 Å². The molecule has 0 bridgehead atoms. The minimum atomic E-state index is -0.715. The Labute approximate surface area is 104 Å². The Hall–Kier alpha value is -1.95. The quantitative estimate of drug-likeness (QED) is 0.821. The van der Waals surface area contributed by atoms with Gasteiger partial charge in [0.1, 0.15) is 0 Å². The fourth-order valence-corrected chi connectivity index (χ4v) is 2.48. The van der Waals surface area contributed by atoms with Crippen LogP contribution in [0, 0.1) is 5.92 Å². The number of nitrogens with one attached hydrogen (secondary N) is 1. The molecule has 1 saturated heterocycles. The molecule has 1 fully saturated rings. The second kappa shape index (κ2) is 4.38. The standard InChI is InChI=1S/C12H14N4O2/c17-12(18)8-1-4-13-9(7-8)10-2-5-14-11-3-6-15-16(10)11/h2-3,5-6,8-9,13H,1,4,7H2,(H,17,18). The molecule has 0 saturated carbocycles. The van der Waals surface area contributed by atoms with E-state index in [0.717, 1.165) is 11.3 Å². The second-order valence-electron chi connectivity index (χ2n) is 4.54. The first-order chi connectivity index (χ1) is 8.75. The highest BCUT2D eigenvalue weighted by molar-refractivity contribution is 5.70. The van der Waals surface area contributed by atoms with Gasteiger partial charge in [-0.1, -0.05) is 0 Å². The number of aromatic nitrogens is 3. The molecule has 6 heteroatoms. The van der Waals surface area contributed by atoms with Crippen molar-refractivity contribution in [1.82, 2.24) is 19.9 Å². The summed E-state index contributed by atoms with van der Waals surface area (Å²) >= 11 is 0. The van der Waals surface area contributed by atoms with Crippen molar-refractivity contribution in [1.29, 1.82) is 0 Å². The third-order valence-electron chi connectivity index (χ3n) is 3.43. The first kappa shape index (κ1) is 11.2. The minimum Gasteiger partial charge on any atom is -0.481 e. The van der Waals surface area contributed by atoms with E-state index in [-0.39, 0.29) is 12.0 Å². The number of hydrogen-bond acceptors (Lipinski definition) is 4. The van der Waals surface area contributed by atoms with Gasteiger partial charge in [0.25, 0.3) is 0 Å². The van der Waals surface area contributed by atoms with E-state index < -0.39 is 5.97 Å². The number of rotatable bonds is 2. The van der Waals surface area contributed by atoms with Crippen LogP contribution in [0.15, 0.2) is 24.5 Å². The monoisotopic (exact) mass is 246 g/mol. The first-order valence-electron chi connectivity index (χ1n) is 6.00. The van der Waals surface area contributed by atoms with Gasteiger partial charge in [0.05, 0.1) is 23.9 Å². The van der Waals surface area contributed by atoms with Gasteiger partial charge in [0, 0.05) is 12.3 Å². The molecule has 0 aromatic carbocycles. The normalized spacial score (nSPS) is 24.2. The second-order valence-corrected chi connectivity index (χ2v) is 4.54. The van der Waals surface area contributed by atoms with E-state index in [1.54, 1.807) is 16.9 Å². The zero-order chi connectivity index (χ0) is 12.5. The average molecular weight is 246 g/mol. The molecule has 1 aliphatic heterocycles. The SMILES string of the molecule is O=C(O)C1CCNC(c2ccnc3ccnn23)C1. The van der Waals surface area contributed by atoms with Crippen LogP contribution in [0.1, 0.15) is 24.6 Å². The van der Waals surface area contributed by atoms with E-state index in [2.05, 4.69) is 15.4 Å². The highest BCUT2D eigenvalue weighted by atomic mass is 16.4. The summed E-state index contributed by atoms with van der Waals surface area (Å²) in [7, 11) is 0. The van der Waals surface area contributed by atoms with Gasteiger partial charge >= 0.3 is 5.97 Å². The summed E-state index contributed by atoms with van der Waals surface area (Å²) in [5.74, 6) is -0.998. The Morgan fingerprint density at radius 1 is 1.44 bits per heavy atom. The maximum Gasteiger partial charge on any atom is 0.306 e. The Bertz CT molecular complexity index is 580. The molecule has 1 aliphatic rings. The molecule has 94 valence electrons. The Morgan fingerprint density at radius 2 is 2.33 bits per heavy atom. The highest BCUT2D eigenvalue weighted by Gasteiger charge is 2.28. The number of piperidine rings is 1. The van der Waals surface area contributed by atoms with Crippen molar-refractivity contribution in [2.75, 3.05) is 6.54 Å². The minimum absolute atomic E-state index is 0.0187. The topological polar surface area (TPSA) is 79.5 Å². The molecule has 18 heavy (non-hydrogen) atoms. The zero-order valence-electron chi connectivity index (χ0n) is 9.78. The lowest BCUT2D eigenvalue weighted by Gasteiger charge is -2.28. The van der Waals surface area contributed by atoms with Gasteiger partial charge in [-0.25, -0.2) is 9.50 Å². The predicted molar refractivity (Wildman–Crippen MR) is 64.1 cm³/mol. The highest BCUT2D eigenvalue weighted by Crippen LogP contribution is 2.27. The van der Waals surface area contributed by atoms with Crippen molar-refractivity contribution in [3.63, 3.8) is 0 Å². The van der Waals surface area contributed by atoms with Crippen molar-refractivity contribution < 1.29 is 9.90 Å². The van der Waals surface area contributed by atoms with Crippen LogP contribution in [0.25, 0.3) is 5.65 Å². The van der Waals surface area contributed by atoms with Crippen molar-refractivity contribution in [3.05, 3.63) is 30.2 Å². The summed E-state index contributed by atoms with van der Waals surface area (Å²) in [6.07, 6.45) is 4.70. The summed E-state index contributed by atoms with van der Waals surface area (Å²) in [5, 5.41) is 16.7. The fourth-order valence-electron chi connectivity index (χ4n) is 2.48. The van der Waals surface area contributed by atoms with Crippen molar-refractivity contribution >= 4 is 11.6 Å². The largest absolute Gasteiger partial charge is 0.481 e. The van der Waals surface area contributed by atoms with Gasteiger partial charge < -0.3 is 10.4 Å². The van der Waals surface area contributed by atoms with Gasteiger partial charge in [0.2, 0.25) is 0 Å². The van der Waals surface area contributed by atoms with Gasteiger partial charge in [0.15, 0.2) is 5.65 Å². The molecular weight excluding hydrogens is 232 g/mol. The number of carbonyl (C=O) groups is 1. The molecule has 2 aromatic rings. The van der Waals surface area contributed by atoms with Crippen LogP contribution in [-0.2, 0) is 4.79 Å². The molecule has 6 nitrogen and oxygen atoms in total. The van der Waals surface area contributed by atoms with Gasteiger partial charge in [-0.05, 0) is 25.5 Å². The molecule has 0 spiro atoms. The number of hydrogen-bond donors (Lipinski definition) is 2. The average Bonchev–Trinajstić information content (AvgIpc) is 2.87. The molecule has 2 unspecified atom stereocenters. The number of nitrogens with zero attached hydrogens (tertiary/aromatic N) is 3. The molecule has 3 heterocycles. The molecule has 2 aromatic heterocycles. The molecule has 3 rings (SSSR count). The Balaban J connectivity index is 1.94. The number of carboxylic acid groups (broad SMARTS) is 1. The summed E-state index contributed by atoms with van der Waals surface area (Å²) < 4.78 is 1.77. The van der Waals surface area contributed by atoms with Crippen LogP contribution in [0.2, 0.25) is 0 Å². The van der Waals surface area contributed by atoms with E-state index in [1.165, 1.54) is 0 Å². The Morgan fingerprint density at radius 3 is 3.17 bits per heavy atom. The molecule has 0 amide bonds. The van der Waals surface area contributed by atoms with E-state index in [0.29, 0.717) is 19.4 Å². The van der Waals surface area contributed by atoms with E-state index in [9.17, 15) is 4.79 Å². The zero-order valence-corrected chi connectivity index (χ0v) is 9.78. The summed E-state index contributed by atoms with van der Waals surface area (Å²) in [5.41, 5.74) is 1.75. The third-order valence-corrected chi connectivity index (χ3v) is 3.43. The Kier molecular flexibility index (Phi) is 2.71. The maximum absolute atomic E-state index is 11.1. The summed E-state index contributed by atoms with van der Waals surface area (Å²) in [6.45, 7) is 0.715. The lowest BCUT2D eigenvalue weighted by atomic mass is 9.91. The van der Waals surface area contributed by atoms with Crippen LogP contribution in [0.4, 0.5) is 0 Å². The van der Waals surface area contributed by atoms with Crippen molar-refractivity contribution in [3.8, 4) is 0 Å². The lowest BCUT2D eigenvalue weighted by Crippen LogP contribution is -2.35. The fraction of sp³-hybridized carbons (Fsp3) is 0.417. The third kappa shape index (κ3) is 1.84. The van der Waals surface area contributed by atoms with Crippen molar-refractivity contribution in [2.45, 2.75) is 18.9 Å². The number of aliphatic carboxylic acids is 1. The van der Waals surface area contributed by atoms with Crippen LogP contribution < -0.4 is 5.32 Å². The van der Waals surface area contributed by atoms with Crippen LogP contribution >= 0.6 is 0 Å². The summed E-state index contributed by atoms with van der Waals surface area (Å²) in [6, 6.07) is 3.74.